The molecule has 0 aliphatic carbocycles. The van der Waals surface area contributed by atoms with Crippen LogP contribution in [0.25, 0.3) is 16.6 Å². The van der Waals surface area contributed by atoms with Gasteiger partial charge < -0.3 is 5.32 Å². The molecule has 5 nitrogen and oxygen atoms in total. The van der Waals surface area contributed by atoms with Crippen LogP contribution in [0.2, 0.25) is 0 Å². The van der Waals surface area contributed by atoms with Crippen LogP contribution in [-0.2, 0) is 10.2 Å². The van der Waals surface area contributed by atoms with Gasteiger partial charge in [0.15, 0.2) is 10.8 Å². The molecule has 0 fully saturated rings. The van der Waals surface area contributed by atoms with Gasteiger partial charge >= 0.3 is 0 Å². The van der Waals surface area contributed by atoms with E-state index < -0.39 is 0 Å². The number of para-hydroxylation sites is 1. The highest BCUT2D eigenvalue weighted by Gasteiger charge is 2.14. The van der Waals surface area contributed by atoms with Crippen molar-refractivity contribution >= 4 is 39.9 Å². The van der Waals surface area contributed by atoms with Gasteiger partial charge in [-0.2, -0.15) is 0 Å². The SMILES string of the molecule is Cc1cc2ccccc2n2c(SCCC(=O)Nc3ccc(C(C)(C)C)cc3)nnc12. The number of carbonyl (C=O) groups is 1. The van der Waals surface area contributed by atoms with E-state index in [0.717, 1.165) is 33.0 Å². The first-order valence-corrected chi connectivity index (χ1v) is 11.1. The molecular formula is C24H26N4OS. The van der Waals surface area contributed by atoms with E-state index in [9.17, 15) is 4.79 Å². The minimum Gasteiger partial charge on any atom is -0.326 e. The number of aromatic nitrogens is 3. The summed E-state index contributed by atoms with van der Waals surface area (Å²) < 4.78 is 2.08. The zero-order valence-electron chi connectivity index (χ0n) is 17.8. The monoisotopic (exact) mass is 418 g/mol. The molecule has 6 heteroatoms. The molecule has 0 aliphatic heterocycles. The number of hydrogen-bond acceptors (Lipinski definition) is 4. The van der Waals surface area contributed by atoms with Crippen molar-refractivity contribution in [3.8, 4) is 0 Å². The van der Waals surface area contributed by atoms with E-state index in [2.05, 4.69) is 71.0 Å². The topological polar surface area (TPSA) is 59.3 Å². The van der Waals surface area contributed by atoms with Crippen LogP contribution in [0.15, 0.2) is 59.8 Å². The van der Waals surface area contributed by atoms with Gasteiger partial charge in [-0.05, 0) is 53.1 Å². The molecule has 154 valence electrons. The predicted molar refractivity (Wildman–Crippen MR) is 124 cm³/mol. The van der Waals surface area contributed by atoms with Gasteiger partial charge in [-0.15, -0.1) is 10.2 Å². The molecule has 2 heterocycles. The molecule has 0 saturated carbocycles. The number of aryl methyl sites for hydroxylation is 1. The van der Waals surface area contributed by atoms with Crippen molar-refractivity contribution in [2.24, 2.45) is 0 Å². The first-order valence-electron chi connectivity index (χ1n) is 10.1. The number of pyridine rings is 1. The Morgan fingerprint density at radius 2 is 1.80 bits per heavy atom. The van der Waals surface area contributed by atoms with Crippen LogP contribution in [0, 0.1) is 6.92 Å². The molecule has 2 aromatic heterocycles. The lowest BCUT2D eigenvalue weighted by Gasteiger charge is -2.19. The first kappa shape index (κ1) is 20.4. The van der Waals surface area contributed by atoms with Gasteiger partial charge in [0.25, 0.3) is 0 Å². The Balaban J connectivity index is 1.42. The minimum atomic E-state index is 0.000804. The molecule has 1 N–H and O–H groups in total. The second kappa shape index (κ2) is 8.11. The maximum absolute atomic E-state index is 12.4. The molecule has 0 radical (unpaired) electrons. The third-order valence-corrected chi connectivity index (χ3v) is 6.06. The van der Waals surface area contributed by atoms with Crippen LogP contribution in [0.3, 0.4) is 0 Å². The molecule has 4 rings (SSSR count). The fraction of sp³-hybridized carbons (Fsp3) is 0.292. The average Bonchev–Trinajstić information content (AvgIpc) is 3.13. The van der Waals surface area contributed by atoms with Crippen LogP contribution in [0.4, 0.5) is 5.69 Å². The largest absolute Gasteiger partial charge is 0.326 e. The number of hydrogen-bond donors (Lipinski definition) is 1. The molecule has 30 heavy (non-hydrogen) atoms. The quantitative estimate of drug-likeness (QED) is 0.428. The van der Waals surface area contributed by atoms with Crippen molar-refractivity contribution in [3.05, 3.63) is 65.7 Å². The standard InChI is InChI=1S/C24H26N4OS/c1-16-15-17-7-5-6-8-20(17)28-22(16)26-27-23(28)30-14-13-21(29)25-19-11-9-18(10-12-19)24(2,3)4/h5-12,15H,13-14H2,1-4H3,(H,25,29). The molecule has 0 bridgehead atoms. The molecule has 2 aromatic carbocycles. The van der Waals surface area contributed by atoms with Gasteiger partial charge in [0.1, 0.15) is 0 Å². The summed E-state index contributed by atoms with van der Waals surface area (Å²) in [7, 11) is 0. The van der Waals surface area contributed by atoms with E-state index in [1.54, 1.807) is 11.8 Å². The summed E-state index contributed by atoms with van der Waals surface area (Å²) in [5.74, 6) is 0.635. The summed E-state index contributed by atoms with van der Waals surface area (Å²) in [5, 5.41) is 13.7. The number of benzene rings is 2. The van der Waals surface area contributed by atoms with Crippen LogP contribution < -0.4 is 5.32 Å². The lowest BCUT2D eigenvalue weighted by atomic mass is 9.87. The van der Waals surface area contributed by atoms with Gasteiger partial charge in [-0.3, -0.25) is 9.20 Å². The number of fused-ring (bicyclic) bond motifs is 3. The van der Waals surface area contributed by atoms with Crippen LogP contribution in [0.5, 0.6) is 0 Å². The Bertz CT molecular complexity index is 1210. The average molecular weight is 419 g/mol. The molecule has 0 unspecified atom stereocenters. The molecule has 4 aromatic rings. The summed E-state index contributed by atoms with van der Waals surface area (Å²) >= 11 is 1.55. The van der Waals surface area contributed by atoms with Gasteiger partial charge in [0.05, 0.1) is 5.52 Å². The summed E-state index contributed by atoms with van der Waals surface area (Å²) in [6.07, 6.45) is 0.407. The van der Waals surface area contributed by atoms with Crippen molar-refractivity contribution < 1.29 is 4.79 Å². The second-order valence-electron chi connectivity index (χ2n) is 8.50. The Morgan fingerprint density at radius 3 is 2.53 bits per heavy atom. The summed E-state index contributed by atoms with van der Waals surface area (Å²) in [6, 6.07) is 18.4. The van der Waals surface area contributed by atoms with Crippen molar-refractivity contribution in [2.75, 3.05) is 11.1 Å². The normalized spacial score (nSPS) is 11.9. The minimum absolute atomic E-state index is 0.000804. The summed E-state index contributed by atoms with van der Waals surface area (Å²) in [5.41, 5.74) is 5.20. The zero-order valence-corrected chi connectivity index (χ0v) is 18.6. The summed E-state index contributed by atoms with van der Waals surface area (Å²) in [4.78, 5) is 12.4. The van der Waals surface area contributed by atoms with Crippen molar-refractivity contribution in [1.82, 2.24) is 14.6 Å². The van der Waals surface area contributed by atoms with Crippen LogP contribution in [0.1, 0.15) is 38.3 Å². The molecule has 0 saturated heterocycles. The fourth-order valence-electron chi connectivity index (χ4n) is 3.46. The van der Waals surface area contributed by atoms with E-state index in [0.29, 0.717) is 12.2 Å². The van der Waals surface area contributed by atoms with Gasteiger partial charge in [0.2, 0.25) is 5.91 Å². The zero-order chi connectivity index (χ0) is 21.3. The van der Waals surface area contributed by atoms with Crippen molar-refractivity contribution in [1.29, 1.82) is 0 Å². The number of thioether (sulfide) groups is 1. The number of rotatable bonds is 5. The third-order valence-electron chi connectivity index (χ3n) is 5.13. The third kappa shape index (κ3) is 4.19. The first-order chi connectivity index (χ1) is 14.3. The highest BCUT2D eigenvalue weighted by Crippen LogP contribution is 2.26. The number of amides is 1. The predicted octanol–water partition coefficient (Wildman–Crippen LogP) is 5.61. The summed E-state index contributed by atoms with van der Waals surface area (Å²) in [6.45, 7) is 8.58. The molecule has 0 spiro atoms. The maximum atomic E-state index is 12.4. The van der Waals surface area contributed by atoms with Gasteiger partial charge in [-0.25, -0.2) is 0 Å². The maximum Gasteiger partial charge on any atom is 0.225 e. The highest BCUT2D eigenvalue weighted by atomic mass is 32.2. The van der Waals surface area contributed by atoms with Crippen LogP contribution in [-0.4, -0.2) is 26.3 Å². The van der Waals surface area contributed by atoms with Gasteiger partial charge in [-0.1, -0.05) is 62.9 Å². The Labute approximate surface area is 180 Å². The van der Waals surface area contributed by atoms with E-state index in [1.165, 1.54) is 5.56 Å². The second-order valence-corrected chi connectivity index (χ2v) is 9.56. The van der Waals surface area contributed by atoms with Crippen LogP contribution >= 0.6 is 11.8 Å². The Kier molecular flexibility index (Phi) is 5.52. The fourth-order valence-corrected chi connectivity index (χ4v) is 4.34. The van der Waals surface area contributed by atoms with E-state index in [4.69, 9.17) is 0 Å². The van der Waals surface area contributed by atoms with Gasteiger partial charge in [0, 0.05) is 17.9 Å². The van der Waals surface area contributed by atoms with E-state index in [-0.39, 0.29) is 11.3 Å². The molecule has 0 aliphatic rings. The molecular weight excluding hydrogens is 392 g/mol. The lowest BCUT2D eigenvalue weighted by Crippen LogP contribution is -2.14. The smallest absolute Gasteiger partial charge is 0.225 e. The lowest BCUT2D eigenvalue weighted by molar-refractivity contribution is -0.115. The molecule has 1 amide bonds. The van der Waals surface area contributed by atoms with Crippen molar-refractivity contribution in [2.45, 2.75) is 44.7 Å². The Hall–Kier alpha value is -2.86. The van der Waals surface area contributed by atoms with Crippen molar-refractivity contribution in [3.63, 3.8) is 0 Å². The number of nitrogens with one attached hydrogen (secondary N) is 1. The number of nitrogens with zero attached hydrogens (tertiary/aromatic N) is 3. The number of carbonyl (C=O) groups excluding carboxylic acids is 1. The number of anilines is 1. The highest BCUT2D eigenvalue weighted by molar-refractivity contribution is 7.99. The Morgan fingerprint density at radius 1 is 1.07 bits per heavy atom. The molecule has 0 atom stereocenters. The van der Waals surface area contributed by atoms with E-state index >= 15 is 0 Å². The van der Waals surface area contributed by atoms with E-state index in [1.807, 2.05) is 31.2 Å².